The van der Waals surface area contributed by atoms with Crippen LogP contribution in [0.4, 0.5) is 0 Å². The minimum absolute atomic E-state index is 0.533. The molecular weight excluding hydrogens is 685 g/mol. The third-order valence-corrected chi connectivity index (χ3v) is 23.5. The predicted octanol–water partition coefficient (Wildman–Crippen LogP) is 8.30. The molecule has 10 aliphatic carbocycles. The van der Waals surface area contributed by atoms with E-state index in [1.165, 1.54) is 103 Å². The zero-order valence-corrected chi connectivity index (χ0v) is 34.9. The highest BCUT2D eigenvalue weighted by Gasteiger charge is 2.72. The average Bonchev–Trinajstić information content (AvgIpc) is 3.93. The molecule has 56 heavy (non-hydrogen) atoms. The Kier molecular flexibility index (Phi) is 7.77. The first-order valence-electron chi connectivity index (χ1n) is 26.3. The van der Waals surface area contributed by atoms with Gasteiger partial charge < -0.3 is 0 Å². The highest BCUT2D eigenvalue weighted by Crippen LogP contribution is 2.65. The van der Waals surface area contributed by atoms with Crippen LogP contribution in [0.15, 0.2) is 0 Å². The van der Waals surface area contributed by atoms with Crippen molar-refractivity contribution < 1.29 is 0 Å². The van der Waals surface area contributed by atoms with Gasteiger partial charge in [0.1, 0.15) is 0 Å². The smallest absolute Gasteiger partial charge is 0.0789 e. The molecule has 308 valence electrons. The minimum atomic E-state index is 0.533. The Morgan fingerprint density at radius 1 is 0.250 bits per heavy atom. The van der Waals surface area contributed by atoms with Crippen LogP contribution in [0, 0.1) is 107 Å². The van der Waals surface area contributed by atoms with Crippen molar-refractivity contribution in [2.24, 2.45) is 107 Å². The molecule has 24 unspecified atom stereocenters. The number of fused-ring (bicyclic) bond motifs is 8. The van der Waals surface area contributed by atoms with Gasteiger partial charge in [0.25, 0.3) is 0 Å². The van der Waals surface area contributed by atoms with Crippen LogP contribution in [0.25, 0.3) is 0 Å². The standard InChI is InChI=1S/C50H78N6/c1-2-10-26-18-34-33(17-25(26)9-1)43-41-42-45-35-19-27-11-3-4-12-28(27)20-36(35)46(42)54-50-40-24-32-16-8-7-15-31(32)23-39(40)48(52-44(34)41)56(50)55-47(51-43)37-21-29-13-5-6-14-30(29)22-38(37)49(55)53-45/h25-54H,1-24H2. The molecule has 10 saturated carbocycles. The summed E-state index contributed by atoms with van der Waals surface area (Å²) in [6.07, 6.45) is 38.9. The molecule has 6 heteroatoms. The van der Waals surface area contributed by atoms with Gasteiger partial charge in [0, 0.05) is 24.2 Å². The van der Waals surface area contributed by atoms with E-state index in [9.17, 15) is 0 Å². The molecule has 6 saturated heterocycles. The Morgan fingerprint density at radius 3 is 0.661 bits per heavy atom. The van der Waals surface area contributed by atoms with E-state index in [1.54, 1.807) is 51.4 Å². The van der Waals surface area contributed by atoms with E-state index in [1.807, 2.05) is 0 Å². The SMILES string of the molecule is C1CCC2CC3C(CC2C1)C1NC2C4CC5CCCCC5CC4C4NC5C6CC7CCCCC7CC6C6NC7C8CC9CCCCC9CC8C(NC3C1C56)N7N24. The fourth-order valence-electron chi connectivity index (χ4n) is 21.7. The zero-order valence-electron chi connectivity index (χ0n) is 34.9. The monoisotopic (exact) mass is 763 g/mol. The summed E-state index contributed by atoms with van der Waals surface area (Å²) in [6.45, 7) is 0. The van der Waals surface area contributed by atoms with Crippen LogP contribution in [0.5, 0.6) is 0 Å². The van der Waals surface area contributed by atoms with E-state index >= 15 is 0 Å². The van der Waals surface area contributed by atoms with Crippen molar-refractivity contribution in [3.63, 3.8) is 0 Å². The maximum absolute atomic E-state index is 5.02. The number of rotatable bonds is 0. The van der Waals surface area contributed by atoms with Gasteiger partial charge in [0.15, 0.2) is 0 Å². The molecule has 0 aromatic rings. The Hall–Kier alpha value is -0.240. The van der Waals surface area contributed by atoms with Crippen LogP contribution in [0.2, 0.25) is 0 Å². The Labute approximate surface area is 339 Å². The van der Waals surface area contributed by atoms with Gasteiger partial charge in [-0.2, -0.15) is 0 Å². The van der Waals surface area contributed by atoms with Gasteiger partial charge in [-0.3, -0.25) is 21.3 Å². The summed E-state index contributed by atoms with van der Waals surface area (Å²) in [5, 5.41) is 26.5. The first-order valence-corrected chi connectivity index (χ1v) is 26.3. The highest BCUT2D eigenvalue weighted by atomic mass is 15.8. The lowest BCUT2D eigenvalue weighted by Crippen LogP contribution is -2.69. The summed E-state index contributed by atoms with van der Waals surface area (Å²) in [7, 11) is 0. The van der Waals surface area contributed by atoms with Crippen molar-refractivity contribution in [1.29, 1.82) is 0 Å². The van der Waals surface area contributed by atoms with Gasteiger partial charge in [0.2, 0.25) is 0 Å². The molecule has 0 radical (unpaired) electrons. The fourth-order valence-corrected chi connectivity index (χ4v) is 21.7. The van der Waals surface area contributed by atoms with Crippen molar-refractivity contribution in [3.8, 4) is 0 Å². The van der Waals surface area contributed by atoms with Gasteiger partial charge in [-0.05, 0) is 158 Å². The van der Waals surface area contributed by atoms with Gasteiger partial charge >= 0.3 is 0 Å². The number of nitrogens with zero attached hydrogens (tertiary/aromatic N) is 2. The summed E-state index contributed by atoms with van der Waals surface area (Å²) >= 11 is 0. The zero-order chi connectivity index (χ0) is 36.0. The Morgan fingerprint density at radius 2 is 0.446 bits per heavy atom. The predicted molar refractivity (Wildman–Crippen MR) is 220 cm³/mol. The third kappa shape index (κ3) is 4.63. The van der Waals surface area contributed by atoms with E-state index < -0.39 is 0 Å². The Balaban J connectivity index is 0.936. The molecule has 4 N–H and O–H groups in total. The molecule has 16 rings (SSSR count). The third-order valence-electron chi connectivity index (χ3n) is 23.5. The van der Waals surface area contributed by atoms with Crippen molar-refractivity contribution in [2.75, 3.05) is 0 Å². The Bertz CT molecular complexity index is 1220. The second-order valence-corrected chi connectivity index (χ2v) is 24.9. The first-order chi connectivity index (χ1) is 27.7. The second kappa shape index (κ2) is 12.7. The molecule has 0 aromatic carbocycles. The van der Waals surface area contributed by atoms with Crippen LogP contribution >= 0.6 is 0 Å². The molecule has 6 aliphatic heterocycles. The molecule has 16 fully saturated rings. The summed E-state index contributed by atoms with van der Waals surface area (Å²) in [5.74, 6) is 16.4. The van der Waals surface area contributed by atoms with E-state index in [2.05, 4.69) is 10.0 Å². The molecule has 12 bridgehead atoms. The lowest BCUT2D eigenvalue weighted by molar-refractivity contribution is -0.153. The van der Waals surface area contributed by atoms with E-state index in [0.29, 0.717) is 48.8 Å². The average molecular weight is 763 g/mol. The summed E-state index contributed by atoms with van der Waals surface area (Å²) in [4.78, 5) is 0. The molecule has 0 amide bonds. The number of hydrogen-bond donors (Lipinski definition) is 4. The van der Waals surface area contributed by atoms with Crippen LogP contribution < -0.4 is 21.3 Å². The quantitative estimate of drug-likeness (QED) is 0.200. The van der Waals surface area contributed by atoms with Gasteiger partial charge in [0.05, 0.1) is 24.7 Å². The number of hydrogen-bond acceptors (Lipinski definition) is 6. The largest absolute Gasteiger partial charge is 0.297 e. The fraction of sp³-hybridized carbons (Fsp3) is 1.00. The van der Waals surface area contributed by atoms with E-state index in [4.69, 9.17) is 21.3 Å². The lowest BCUT2D eigenvalue weighted by atomic mass is 9.62. The number of nitrogens with one attached hydrogen (secondary N) is 4. The van der Waals surface area contributed by atoms with Crippen molar-refractivity contribution in [1.82, 2.24) is 31.3 Å². The van der Waals surface area contributed by atoms with Crippen molar-refractivity contribution in [2.45, 2.75) is 203 Å². The van der Waals surface area contributed by atoms with Crippen LogP contribution in [0.1, 0.15) is 154 Å². The minimum Gasteiger partial charge on any atom is -0.297 e. The van der Waals surface area contributed by atoms with Crippen molar-refractivity contribution in [3.05, 3.63) is 0 Å². The first kappa shape index (κ1) is 34.4. The maximum Gasteiger partial charge on any atom is 0.0789 e. The van der Waals surface area contributed by atoms with Gasteiger partial charge in [-0.1, -0.05) is 103 Å². The summed E-state index contributed by atoms with van der Waals surface area (Å²) < 4.78 is 0. The lowest BCUT2D eigenvalue weighted by Gasteiger charge is -2.51. The molecule has 6 heterocycles. The molecule has 16 aliphatic rings. The van der Waals surface area contributed by atoms with Gasteiger partial charge in [-0.15, -0.1) is 0 Å². The van der Waals surface area contributed by atoms with E-state index in [0.717, 1.165) is 107 Å². The molecule has 0 aromatic heterocycles. The van der Waals surface area contributed by atoms with Crippen LogP contribution in [-0.2, 0) is 0 Å². The summed E-state index contributed by atoms with van der Waals surface area (Å²) in [6, 6.07) is 2.82. The molecule has 0 spiro atoms. The van der Waals surface area contributed by atoms with Crippen LogP contribution in [0.3, 0.4) is 0 Å². The van der Waals surface area contributed by atoms with Crippen LogP contribution in [-0.4, -0.2) is 58.8 Å². The normalized spacial score (nSPS) is 66.0. The maximum atomic E-state index is 5.02. The van der Waals surface area contributed by atoms with Gasteiger partial charge in [-0.25, -0.2) is 10.0 Å². The van der Waals surface area contributed by atoms with E-state index in [-0.39, 0.29) is 0 Å². The summed E-state index contributed by atoms with van der Waals surface area (Å²) in [5.41, 5.74) is 0. The highest BCUT2D eigenvalue weighted by molar-refractivity contribution is 5.24. The number of hydrazine groups is 1. The molecular formula is C50H78N6. The molecule has 24 atom stereocenters. The topological polar surface area (TPSA) is 54.6 Å². The molecule has 6 nitrogen and oxygen atoms in total. The van der Waals surface area contributed by atoms with Crippen molar-refractivity contribution >= 4 is 0 Å². The second-order valence-electron chi connectivity index (χ2n) is 24.9.